The van der Waals surface area contributed by atoms with Gasteiger partial charge < -0.3 is 19.5 Å². The van der Waals surface area contributed by atoms with Crippen molar-refractivity contribution >= 4 is 79.8 Å². The van der Waals surface area contributed by atoms with Crippen molar-refractivity contribution in [1.29, 1.82) is 0 Å². The van der Waals surface area contributed by atoms with Crippen LogP contribution in [0.4, 0.5) is 16.2 Å². The van der Waals surface area contributed by atoms with E-state index in [1.54, 1.807) is 31.2 Å². The summed E-state index contributed by atoms with van der Waals surface area (Å²) in [5, 5.41) is 13.0. The summed E-state index contributed by atoms with van der Waals surface area (Å²) in [4.78, 5) is 62.2. The Balaban J connectivity index is 1.45. The molecule has 240 valence electrons. The molecule has 1 fully saturated rings. The van der Waals surface area contributed by atoms with E-state index >= 15 is 0 Å². The number of hydrogen-bond donors (Lipinski definition) is 1. The Morgan fingerprint density at radius 3 is 2.50 bits per heavy atom. The molecule has 12 nitrogen and oxygen atoms in total. The molecule has 0 aliphatic carbocycles. The van der Waals surface area contributed by atoms with Gasteiger partial charge >= 0.3 is 5.97 Å². The maximum absolute atomic E-state index is 13.1. The number of nitro benzene ring substituents is 1. The van der Waals surface area contributed by atoms with E-state index in [1.165, 1.54) is 36.4 Å². The van der Waals surface area contributed by atoms with Crippen molar-refractivity contribution in [2.75, 3.05) is 25.1 Å². The summed E-state index contributed by atoms with van der Waals surface area (Å²) >= 11 is 10.3. The second kappa shape index (κ2) is 15.7. The fourth-order valence-corrected chi connectivity index (χ4v) is 5.71. The predicted molar refractivity (Wildman–Crippen MR) is 176 cm³/mol. The lowest BCUT2D eigenvalue weighted by Gasteiger charge is -2.15. The minimum atomic E-state index is -0.658. The van der Waals surface area contributed by atoms with Gasteiger partial charge in [-0.2, -0.15) is 0 Å². The molecule has 0 aromatic heterocycles. The van der Waals surface area contributed by atoms with Crippen molar-refractivity contribution in [3.8, 4) is 11.5 Å². The third kappa shape index (κ3) is 8.65. The molecule has 4 rings (SSSR count). The summed E-state index contributed by atoms with van der Waals surface area (Å²) in [6, 6.07) is 13.6. The fourth-order valence-electron chi connectivity index (χ4n) is 4.11. The lowest BCUT2D eigenvalue weighted by atomic mass is 10.1. The van der Waals surface area contributed by atoms with Gasteiger partial charge in [0.25, 0.3) is 16.8 Å². The summed E-state index contributed by atoms with van der Waals surface area (Å²) in [6.45, 7) is 3.72. The topological polar surface area (TPSA) is 154 Å². The SMILES string of the molecule is CCCOC(=O)c1cc(NC(=O)CN2C(=O)S/C(=C/c3cc(Br)c(OCc4ccc([N+](=O)[O-])cc4)c(OCC)c3)C2=O)ccc1Cl. The number of carbonyl (C=O) groups excluding carboxylic acids is 4. The van der Waals surface area contributed by atoms with Gasteiger partial charge in [0, 0.05) is 17.8 Å². The Kier molecular flexibility index (Phi) is 11.8. The maximum Gasteiger partial charge on any atom is 0.339 e. The second-order valence-corrected chi connectivity index (χ2v) is 11.9. The van der Waals surface area contributed by atoms with E-state index in [1.807, 2.05) is 6.92 Å². The van der Waals surface area contributed by atoms with E-state index in [0.29, 0.717) is 51.9 Å². The number of amides is 3. The van der Waals surface area contributed by atoms with Crippen molar-refractivity contribution in [3.05, 3.63) is 95.8 Å². The number of carbonyl (C=O) groups is 4. The predicted octanol–water partition coefficient (Wildman–Crippen LogP) is 7.23. The zero-order valence-corrected chi connectivity index (χ0v) is 27.7. The number of nitro groups is 1. The van der Waals surface area contributed by atoms with Gasteiger partial charge in [0.15, 0.2) is 11.5 Å². The van der Waals surface area contributed by atoms with Crippen LogP contribution in [-0.4, -0.2) is 52.6 Å². The van der Waals surface area contributed by atoms with Crippen LogP contribution in [0.1, 0.15) is 41.8 Å². The molecular formula is C31H27BrClN3O9S. The van der Waals surface area contributed by atoms with Gasteiger partial charge in [0.2, 0.25) is 5.91 Å². The standard InChI is InChI=1S/C31H27BrClN3O9S/c1-3-11-44-30(39)22-15-20(7-10-24(22)33)34-27(37)16-35-29(38)26(46-31(35)40)14-19-12-23(32)28(25(13-19)43-4-2)45-17-18-5-8-21(9-6-18)36(41)42/h5-10,12-15H,3-4,11,16-17H2,1-2H3,(H,34,37)/b26-14+. The van der Waals surface area contributed by atoms with Gasteiger partial charge in [-0.3, -0.25) is 29.4 Å². The molecule has 0 unspecified atom stereocenters. The molecule has 3 amide bonds. The number of nitrogens with zero attached hydrogens (tertiary/aromatic N) is 2. The number of esters is 1. The lowest BCUT2D eigenvalue weighted by Crippen LogP contribution is -2.36. The number of nitrogens with one attached hydrogen (secondary N) is 1. The molecule has 0 atom stereocenters. The number of imide groups is 1. The molecule has 1 aliphatic heterocycles. The molecule has 0 radical (unpaired) electrons. The van der Waals surface area contributed by atoms with E-state index in [0.717, 1.165) is 4.90 Å². The van der Waals surface area contributed by atoms with Gasteiger partial charge in [-0.1, -0.05) is 18.5 Å². The Labute approximate surface area is 281 Å². The first-order valence-corrected chi connectivity index (χ1v) is 15.8. The van der Waals surface area contributed by atoms with Crippen molar-refractivity contribution in [2.24, 2.45) is 0 Å². The average Bonchev–Trinajstić information content (AvgIpc) is 3.27. The zero-order valence-electron chi connectivity index (χ0n) is 24.5. The van der Waals surface area contributed by atoms with Crippen molar-refractivity contribution in [3.63, 3.8) is 0 Å². The molecule has 0 saturated carbocycles. The summed E-state index contributed by atoms with van der Waals surface area (Å²) in [5.74, 6) is -1.20. The monoisotopic (exact) mass is 731 g/mol. The van der Waals surface area contributed by atoms with Crippen LogP contribution in [0.15, 0.2) is 64.0 Å². The third-order valence-electron chi connectivity index (χ3n) is 6.24. The van der Waals surface area contributed by atoms with E-state index in [2.05, 4.69) is 21.2 Å². The van der Waals surface area contributed by atoms with E-state index in [9.17, 15) is 29.3 Å². The molecule has 0 bridgehead atoms. The van der Waals surface area contributed by atoms with Crippen LogP contribution in [0, 0.1) is 10.1 Å². The fraction of sp³-hybridized carbons (Fsp3) is 0.226. The minimum absolute atomic E-state index is 0.0316. The highest BCUT2D eigenvalue weighted by Crippen LogP contribution is 2.40. The quantitative estimate of drug-likeness (QED) is 0.0824. The highest BCUT2D eigenvalue weighted by atomic mass is 79.9. The third-order valence-corrected chi connectivity index (χ3v) is 8.07. The molecule has 3 aromatic rings. The molecular weight excluding hydrogens is 706 g/mol. The number of ether oxygens (including phenoxy) is 3. The van der Waals surface area contributed by atoms with Gasteiger partial charge in [-0.15, -0.1) is 0 Å². The minimum Gasteiger partial charge on any atom is -0.490 e. The van der Waals surface area contributed by atoms with Crippen LogP contribution in [0.3, 0.4) is 0 Å². The first-order valence-electron chi connectivity index (χ1n) is 13.8. The molecule has 0 spiro atoms. The molecule has 1 heterocycles. The van der Waals surface area contributed by atoms with E-state index in [4.69, 9.17) is 25.8 Å². The van der Waals surface area contributed by atoms with Crippen LogP contribution in [0.25, 0.3) is 6.08 Å². The number of rotatable bonds is 13. The summed E-state index contributed by atoms with van der Waals surface area (Å²) < 4.78 is 17.3. The molecule has 1 saturated heterocycles. The van der Waals surface area contributed by atoms with Crippen LogP contribution in [0.5, 0.6) is 11.5 Å². The number of halogens is 2. The number of benzene rings is 3. The van der Waals surface area contributed by atoms with E-state index < -0.39 is 34.5 Å². The molecule has 1 aliphatic rings. The average molecular weight is 733 g/mol. The molecule has 15 heteroatoms. The maximum atomic E-state index is 13.1. The van der Waals surface area contributed by atoms with Crippen molar-refractivity contribution in [2.45, 2.75) is 26.9 Å². The van der Waals surface area contributed by atoms with Crippen LogP contribution in [-0.2, 0) is 20.9 Å². The Hall–Kier alpha value is -4.40. The van der Waals surface area contributed by atoms with Gasteiger partial charge in [0.05, 0.1) is 38.1 Å². The van der Waals surface area contributed by atoms with Crippen LogP contribution < -0.4 is 14.8 Å². The van der Waals surface area contributed by atoms with Crippen molar-refractivity contribution in [1.82, 2.24) is 4.90 Å². The van der Waals surface area contributed by atoms with Crippen LogP contribution in [0.2, 0.25) is 5.02 Å². The number of anilines is 1. The molecule has 1 N–H and O–H groups in total. The van der Waals surface area contributed by atoms with Crippen LogP contribution >= 0.6 is 39.3 Å². The molecule has 3 aromatic carbocycles. The largest absolute Gasteiger partial charge is 0.490 e. The summed E-state index contributed by atoms with van der Waals surface area (Å²) in [7, 11) is 0. The number of thioether (sulfide) groups is 1. The Morgan fingerprint density at radius 2 is 1.83 bits per heavy atom. The number of hydrogen-bond acceptors (Lipinski definition) is 10. The first-order chi connectivity index (χ1) is 22.0. The summed E-state index contributed by atoms with van der Waals surface area (Å²) in [6.07, 6.45) is 2.13. The Bertz CT molecular complexity index is 1720. The normalized spacial score (nSPS) is 13.6. The second-order valence-electron chi connectivity index (χ2n) is 9.62. The lowest BCUT2D eigenvalue weighted by molar-refractivity contribution is -0.384. The first kappa shape index (κ1) is 34.5. The highest BCUT2D eigenvalue weighted by molar-refractivity contribution is 9.10. The van der Waals surface area contributed by atoms with Gasteiger partial charge in [0.1, 0.15) is 13.2 Å². The van der Waals surface area contributed by atoms with Crippen molar-refractivity contribution < 1.29 is 38.3 Å². The molecule has 46 heavy (non-hydrogen) atoms. The van der Waals surface area contributed by atoms with Gasteiger partial charge in [-0.25, -0.2) is 4.79 Å². The zero-order chi connectivity index (χ0) is 33.4. The summed E-state index contributed by atoms with van der Waals surface area (Å²) in [5.41, 5.74) is 1.51. The Morgan fingerprint density at radius 1 is 1.09 bits per heavy atom. The number of non-ortho nitro benzene ring substituents is 1. The highest BCUT2D eigenvalue weighted by Gasteiger charge is 2.36. The smallest absolute Gasteiger partial charge is 0.339 e. The van der Waals surface area contributed by atoms with Gasteiger partial charge in [-0.05, 0) is 101 Å². The van der Waals surface area contributed by atoms with E-state index in [-0.39, 0.29) is 40.1 Å².